The molecule has 0 unspecified atom stereocenters. The van der Waals surface area contributed by atoms with Crippen LogP contribution in [0, 0.1) is 0 Å². The van der Waals surface area contributed by atoms with Crippen molar-refractivity contribution in [1.29, 1.82) is 0 Å². The van der Waals surface area contributed by atoms with E-state index in [0.717, 1.165) is 38.3 Å². The Bertz CT molecular complexity index is 506. The van der Waals surface area contributed by atoms with Crippen molar-refractivity contribution in [1.82, 2.24) is 9.80 Å². The molecule has 0 aliphatic carbocycles. The van der Waals surface area contributed by atoms with Gasteiger partial charge in [0.2, 0.25) is 0 Å². The zero-order valence-corrected chi connectivity index (χ0v) is 13.4. The van der Waals surface area contributed by atoms with Gasteiger partial charge in [0.15, 0.2) is 0 Å². The van der Waals surface area contributed by atoms with Gasteiger partial charge >= 0.3 is 6.18 Å². The zero-order chi connectivity index (χ0) is 17.6. The normalized spacial score (nSPS) is 18.5. The molecule has 2 N–H and O–H groups in total. The summed E-state index contributed by atoms with van der Waals surface area (Å²) in [4.78, 5) is 4.22. The molecule has 1 heterocycles. The third kappa shape index (κ3) is 5.94. The van der Waals surface area contributed by atoms with Gasteiger partial charge in [-0.2, -0.15) is 13.2 Å². The van der Waals surface area contributed by atoms with Crippen molar-refractivity contribution in [3.05, 3.63) is 29.8 Å². The second kappa shape index (κ2) is 8.66. The highest BCUT2D eigenvalue weighted by Crippen LogP contribution is 2.31. The van der Waals surface area contributed by atoms with Gasteiger partial charge in [-0.05, 0) is 18.2 Å². The van der Waals surface area contributed by atoms with Crippen LogP contribution >= 0.6 is 0 Å². The second-order valence-electron chi connectivity index (χ2n) is 5.86. The first-order chi connectivity index (χ1) is 11.4. The van der Waals surface area contributed by atoms with E-state index in [4.69, 9.17) is 9.84 Å². The summed E-state index contributed by atoms with van der Waals surface area (Å²) in [6, 6.07) is 4.63. The van der Waals surface area contributed by atoms with Crippen LogP contribution in [0.5, 0.6) is 5.75 Å². The first-order valence-corrected chi connectivity index (χ1v) is 7.92. The average molecular weight is 348 g/mol. The van der Waals surface area contributed by atoms with Crippen LogP contribution in [0.4, 0.5) is 13.2 Å². The number of rotatable bonds is 7. The molecule has 136 valence electrons. The SMILES string of the molecule is OCCN1CCN(C[C@@H](O)COc2cccc(C(F)(F)F)c2)CC1. The van der Waals surface area contributed by atoms with E-state index in [1.807, 2.05) is 0 Å². The van der Waals surface area contributed by atoms with Gasteiger partial charge in [-0.1, -0.05) is 6.07 Å². The molecule has 0 radical (unpaired) electrons. The van der Waals surface area contributed by atoms with Gasteiger partial charge in [0.25, 0.3) is 0 Å². The van der Waals surface area contributed by atoms with Gasteiger partial charge in [-0.15, -0.1) is 0 Å². The number of benzene rings is 1. The molecule has 24 heavy (non-hydrogen) atoms. The van der Waals surface area contributed by atoms with Crippen molar-refractivity contribution in [3.63, 3.8) is 0 Å². The fourth-order valence-electron chi connectivity index (χ4n) is 2.64. The predicted molar refractivity (Wildman–Crippen MR) is 82.9 cm³/mol. The molecule has 0 aromatic heterocycles. The first-order valence-electron chi connectivity index (χ1n) is 7.92. The third-order valence-corrected chi connectivity index (χ3v) is 3.95. The maximum absolute atomic E-state index is 12.6. The minimum atomic E-state index is -4.41. The van der Waals surface area contributed by atoms with Crippen molar-refractivity contribution in [3.8, 4) is 5.75 Å². The minimum absolute atomic E-state index is 0.0574. The van der Waals surface area contributed by atoms with Crippen LogP contribution < -0.4 is 4.74 Å². The molecule has 5 nitrogen and oxygen atoms in total. The molecule has 0 bridgehead atoms. The smallest absolute Gasteiger partial charge is 0.416 e. The topological polar surface area (TPSA) is 56.2 Å². The Kier molecular flexibility index (Phi) is 6.85. The van der Waals surface area contributed by atoms with Gasteiger partial charge in [0.1, 0.15) is 18.5 Å². The molecule has 1 aromatic carbocycles. The number of hydrogen-bond acceptors (Lipinski definition) is 5. The Morgan fingerprint density at radius 3 is 2.42 bits per heavy atom. The van der Waals surface area contributed by atoms with E-state index in [0.29, 0.717) is 13.1 Å². The number of aliphatic hydroxyl groups excluding tert-OH is 2. The van der Waals surface area contributed by atoms with Gasteiger partial charge in [-0.3, -0.25) is 9.80 Å². The molecule has 2 rings (SSSR count). The molecule has 0 amide bonds. The van der Waals surface area contributed by atoms with Gasteiger partial charge in [0, 0.05) is 39.3 Å². The molecular weight excluding hydrogens is 325 g/mol. The number of nitrogens with zero attached hydrogens (tertiary/aromatic N) is 2. The number of piperazine rings is 1. The molecule has 8 heteroatoms. The summed E-state index contributed by atoms with van der Waals surface area (Å²) in [6.07, 6.45) is -5.18. The summed E-state index contributed by atoms with van der Waals surface area (Å²) >= 11 is 0. The number of halogens is 3. The number of β-amino-alcohol motifs (C(OH)–C–C–N with tert-alkyl or cyclic N) is 2. The van der Waals surface area contributed by atoms with Crippen molar-refractivity contribution >= 4 is 0 Å². The number of aliphatic hydroxyl groups is 2. The highest BCUT2D eigenvalue weighted by molar-refractivity contribution is 5.30. The van der Waals surface area contributed by atoms with Crippen LogP contribution in [0.15, 0.2) is 24.3 Å². The quantitative estimate of drug-likeness (QED) is 0.772. The lowest BCUT2D eigenvalue weighted by atomic mass is 10.2. The summed E-state index contributed by atoms with van der Waals surface area (Å²) in [5.41, 5.74) is -0.769. The maximum Gasteiger partial charge on any atom is 0.416 e. The summed E-state index contributed by atoms with van der Waals surface area (Å²) in [7, 11) is 0. The lowest BCUT2D eigenvalue weighted by Gasteiger charge is -2.35. The van der Waals surface area contributed by atoms with Crippen molar-refractivity contribution in [2.45, 2.75) is 12.3 Å². The van der Waals surface area contributed by atoms with Crippen LogP contribution in [0.1, 0.15) is 5.56 Å². The van der Waals surface area contributed by atoms with Crippen LogP contribution in [0.2, 0.25) is 0 Å². The van der Waals surface area contributed by atoms with E-state index >= 15 is 0 Å². The minimum Gasteiger partial charge on any atom is -0.491 e. The second-order valence-corrected chi connectivity index (χ2v) is 5.86. The Morgan fingerprint density at radius 1 is 1.12 bits per heavy atom. The molecule has 1 aliphatic heterocycles. The Balaban J connectivity index is 1.75. The van der Waals surface area contributed by atoms with E-state index in [1.165, 1.54) is 12.1 Å². The van der Waals surface area contributed by atoms with E-state index in [1.54, 1.807) is 0 Å². The van der Waals surface area contributed by atoms with Crippen LogP contribution in [0.3, 0.4) is 0 Å². The van der Waals surface area contributed by atoms with Crippen LogP contribution in [0.25, 0.3) is 0 Å². The highest BCUT2D eigenvalue weighted by atomic mass is 19.4. The molecule has 1 aliphatic rings. The third-order valence-electron chi connectivity index (χ3n) is 3.95. The fraction of sp³-hybridized carbons (Fsp3) is 0.625. The average Bonchev–Trinajstić information content (AvgIpc) is 2.55. The Morgan fingerprint density at radius 2 is 1.79 bits per heavy atom. The molecular formula is C16H23F3N2O3. The van der Waals surface area contributed by atoms with E-state index in [2.05, 4.69) is 9.80 Å². The number of alkyl halides is 3. The molecule has 1 aromatic rings. The van der Waals surface area contributed by atoms with E-state index < -0.39 is 17.8 Å². The van der Waals surface area contributed by atoms with Crippen molar-refractivity contribution < 1.29 is 28.1 Å². The van der Waals surface area contributed by atoms with Gasteiger partial charge in [0.05, 0.1) is 12.2 Å². The zero-order valence-electron chi connectivity index (χ0n) is 13.4. The first kappa shape index (κ1) is 19.0. The molecule has 1 saturated heterocycles. The highest BCUT2D eigenvalue weighted by Gasteiger charge is 2.30. The summed E-state index contributed by atoms with van der Waals surface area (Å²) in [5.74, 6) is 0.0941. The lowest BCUT2D eigenvalue weighted by molar-refractivity contribution is -0.137. The number of hydrogen-bond donors (Lipinski definition) is 2. The monoisotopic (exact) mass is 348 g/mol. The Labute approximate surface area is 139 Å². The van der Waals surface area contributed by atoms with E-state index in [-0.39, 0.29) is 19.0 Å². The van der Waals surface area contributed by atoms with Gasteiger partial charge in [-0.25, -0.2) is 0 Å². The largest absolute Gasteiger partial charge is 0.491 e. The Hall–Kier alpha value is -1.35. The summed E-state index contributed by atoms with van der Waals surface area (Å²) in [5, 5.41) is 18.9. The van der Waals surface area contributed by atoms with E-state index in [9.17, 15) is 18.3 Å². The molecule has 1 atom stereocenters. The van der Waals surface area contributed by atoms with Crippen molar-refractivity contribution in [2.24, 2.45) is 0 Å². The van der Waals surface area contributed by atoms with Gasteiger partial charge < -0.3 is 14.9 Å². The standard InChI is InChI=1S/C16H23F3N2O3/c17-16(18,19)13-2-1-3-15(10-13)24-12-14(23)11-21-6-4-20(5-7-21)8-9-22/h1-3,10,14,22-23H,4-9,11-12H2/t14-/m1/s1. The molecule has 0 saturated carbocycles. The number of ether oxygens (including phenoxy) is 1. The van der Waals surface area contributed by atoms with Crippen molar-refractivity contribution in [2.75, 3.05) is 52.5 Å². The van der Waals surface area contributed by atoms with Crippen LogP contribution in [-0.4, -0.2) is 78.6 Å². The summed E-state index contributed by atoms with van der Waals surface area (Å²) in [6.45, 7) is 4.33. The predicted octanol–water partition coefficient (Wildman–Crippen LogP) is 1.05. The summed E-state index contributed by atoms with van der Waals surface area (Å²) < 4.78 is 43.2. The maximum atomic E-state index is 12.6. The molecule has 0 spiro atoms. The van der Waals surface area contributed by atoms with Crippen LogP contribution in [-0.2, 0) is 6.18 Å². The lowest BCUT2D eigenvalue weighted by Crippen LogP contribution is -2.49. The molecule has 1 fully saturated rings. The fourth-order valence-corrected chi connectivity index (χ4v) is 2.64.